The molecule has 0 spiro atoms. The number of nitrogen functional groups attached to an aromatic ring is 1. The van der Waals surface area contributed by atoms with E-state index in [9.17, 15) is 5.11 Å². The highest BCUT2D eigenvalue weighted by molar-refractivity contribution is 7.75. The second kappa shape index (κ2) is 5.73. The molecule has 0 aliphatic carbocycles. The smallest absolute Gasteiger partial charge is 0.167 e. The van der Waals surface area contributed by atoms with Gasteiger partial charge in [-0.2, -0.15) is 0 Å². The summed E-state index contributed by atoms with van der Waals surface area (Å²) < 4.78 is 18.0. The molecule has 21 heavy (non-hydrogen) atoms. The maximum absolute atomic E-state index is 9.39. The second-order valence-corrected chi connectivity index (χ2v) is 4.81. The van der Waals surface area contributed by atoms with Gasteiger partial charge < -0.3 is 24.5 Å². The number of imidazole rings is 1. The molecule has 0 bridgehead atoms. The molecule has 4 atom stereocenters. The van der Waals surface area contributed by atoms with Crippen molar-refractivity contribution in [2.45, 2.75) is 24.5 Å². The summed E-state index contributed by atoms with van der Waals surface area (Å²) in [6.45, 7) is -0.217. The lowest BCUT2D eigenvalue weighted by Gasteiger charge is -2.21. The van der Waals surface area contributed by atoms with Crippen LogP contribution in [-0.4, -0.2) is 56.7 Å². The zero-order chi connectivity index (χ0) is 15.0. The molecule has 10 heteroatoms. The molecular formula is C11H15N5O4S. The highest BCUT2D eigenvalue weighted by atomic mass is 32.1. The van der Waals surface area contributed by atoms with Crippen molar-refractivity contribution >= 4 is 29.9 Å². The average molecular weight is 313 g/mol. The van der Waals surface area contributed by atoms with E-state index in [1.165, 1.54) is 13.4 Å². The fourth-order valence-corrected chi connectivity index (χ4v) is 2.77. The van der Waals surface area contributed by atoms with Crippen molar-refractivity contribution in [3.05, 3.63) is 12.7 Å². The maximum Gasteiger partial charge on any atom is 0.167 e. The summed E-state index contributed by atoms with van der Waals surface area (Å²) in [5.41, 5.74) is 6.76. The third-order valence-corrected chi connectivity index (χ3v) is 3.76. The first kappa shape index (κ1) is 14.5. The number of aliphatic hydroxyl groups excluding tert-OH is 1. The van der Waals surface area contributed by atoms with Crippen LogP contribution in [0.3, 0.4) is 0 Å². The van der Waals surface area contributed by atoms with Gasteiger partial charge in [-0.05, 0) is 12.9 Å². The number of fused-ring (bicyclic) bond motifs is 1. The Morgan fingerprint density at radius 1 is 1.43 bits per heavy atom. The molecule has 1 saturated heterocycles. The summed E-state index contributed by atoms with van der Waals surface area (Å²) in [6, 6.07) is 0. The van der Waals surface area contributed by atoms with E-state index in [0.29, 0.717) is 11.2 Å². The lowest BCUT2D eigenvalue weighted by atomic mass is 10.1. The summed E-state index contributed by atoms with van der Waals surface area (Å²) in [5, 5.41) is 9.39. The van der Waals surface area contributed by atoms with Crippen molar-refractivity contribution in [2.24, 2.45) is 0 Å². The van der Waals surface area contributed by atoms with E-state index in [-0.39, 0.29) is 12.4 Å². The van der Waals surface area contributed by atoms with E-state index in [2.05, 4.69) is 27.9 Å². The van der Waals surface area contributed by atoms with Gasteiger partial charge >= 0.3 is 0 Å². The summed E-state index contributed by atoms with van der Waals surface area (Å²) in [5.74, 6) is 0.284. The quantitative estimate of drug-likeness (QED) is 0.513. The minimum atomic E-state index is -0.566. The first-order valence-electron chi connectivity index (χ1n) is 6.23. The van der Waals surface area contributed by atoms with E-state index < -0.39 is 24.5 Å². The molecule has 1 aliphatic heterocycles. The van der Waals surface area contributed by atoms with Crippen molar-refractivity contribution in [1.29, 1.82) is 0 Å². The number of rotatable bonds is 4. The summed E-state index contributed by atoms with van der Waals surface area (Å²) in [6.07, 6.45) is 0.765. The molecule has 3 heterocycles. The largest absolute Gasteiger partial charge is 0.394 e. The lowest BCUT2D eigenvalue weighted by Crippen LogP contribution is -2.35. The van der Waals surface area contributed by atoms with Gasteiger partial charge in [-0.1, -0.05) is 0 Å². The van der Waals surface area contributed by atoms with Crippen LogP contribution in [0.2, 0.25) is 0 Å². The number of nitrogens with two attached hydrogens (primary N) is 1. The van der Waals surface area contributed by atoms with Gasteiger partial charge in [-0.25, -0.2) is 15.0 Å². The van der Waals surface area contributed by atoms with Crippen molar-refractivity contribution < 1.29 is 18.8 Å². The van der Waals surface area contributed by atoms with E-state index in [1.807, 2.05) is 0 Å². The van der Waals surface area contributed by atoms with Crippen LogP contribution in [0.25, 0.3) is 11.2 Å². The maximum atomic E-state index is 9.39. The number of thiol groups is 1. The summed E-state index contributed by atoms with van der Waals surface area (Å²) in [4.78, 5) is 12.2. The Hall–Kier alpha value is -1.46. The van der Waals surface area contributed by atoms with E-state index in [1.54, 1.807) is 10.9 Å². The number of hydrogen-bond donors (Lipinski definition) is 3. The predicted octanol–water partition coefficient (Wildman–Crippen LogP) is -0.457. The highest BCUT2D eigenvalue weighted by Gasteiger charge is 2.47. The monoisotopic (exact) mass is 313 g/mol. The van der Waals surface area contributed by atoms with Crippen molar-refractivity contribution in [3.63, 3.8) is 0 Å². The Balaban J connectivity index is 2.03. The van der Waals surface area contributed by atoms with Crippen LogP contribution in [0.5, 0.6) is 0 Å². The summed E-state index contributed by atoms with van der Waals surface area (Å²) >= 11 is 3.83. The Morgan fingerprint density at radius 2 is 2.24 bits per heavy atom. The zero-order valence-electron chi connectivity index (χ0n) is 11.2. The Bertz CT molecular complexity index is 638. The number of nitrogens with zero attached hydrogens (tertiary/aromatic N) is 4. The van der Waals surface area contributed by atoms with E-state index in [4.69, 9.17) is 19.4 Å². The van der Waals surface area contributed by atoms with Crippen LogP contribution in [0.1, 0.15) is 6.23 Å². The van der Waals surface area contributed by atoms with E-state index >= 15 is 0 Å². The Kier molecular flexibility index (Phi) is 3.95. The first-order chi connectivity index (χ1) is 10.2. The molecular weight excluding hydrogens is 298 g/mol. The minimum absolute atomic E-state index is 0.217. The van der Waals surface area contributed by atoms with Crippen molar-refractivity contribution in [1.82, 2.24) is 19.5 Å². The molecule has 3 rings (SSSR count). The number of aromatic nitrogens is 4. The Labute approximate surface area is 125 Å². The van der Waals surface area contributed by atoms with Gasteiger partial charge in [0.2, 0.25) is 0 Å². The van der Waals surface area contributed by atoms with Gasteiger partial charge in [-0.15, -0.1) is 0 Å². The average Bonchev–Trinajstić information content (AvgIpc) is 3.07. The van der Waals surface area contributed by atoms with Gasteiger partial charge in [0.1, 0.15) is 30.2 Å². The molecule has 3 N–H and O–H groups in total. The standard InChI is InChI=1S/C11H15N5O4S/c1-18-8-7(20-21)5(2-17)19-11(8)16-4-15-6-9(12)13-3-14-10(6)16/h3-5,7-8,11,17,21H,2H2,1H3,(H2,12,13,14)/t5-,7?,8?,11-/m1/s1. The fourth-order valence-electron chi connectivity index (χ4n) is 2.51. The van der Waals surface area contributed by atoms with Gasteiger partial charge in [0.05, 0.1) is 12.9 Å². The van der Waals surface area contributed by atoms with Crippen LogP contribution >= 0.6 is 12.9 Å². The highest BCUT2D eigenvalue weighted by Crippen LogP contribution is 2.35. The van der Waals surface area contributed by atoms with Crippen LogP contribution in [0, 0.1) is 0 Å². The van der Waals surface area contributed by atoms with Gasteiger partial charge in [-0.3, -0.25) is 4.57 Å². The van der Waals surface area contributed by atoms with Crippen LogP contribution in [-0.2, 0) is 13.7 Å². The fraction of sp³-hybridized carbons (Fsp3) is 0.545. The first-order valence-corrected chi connectivity index (χ1v) is 6.60. The molecule has 0 radical (unpaired) electrons. The molecule has 9 nitrogen and oxygen atoms in total. The number of aliphatic hydroxyl groups is 1. The zero-order valence-corrected chi connectivity index (χ0v) is 12.1. The third-order valence-electron chi connectivity index (χ3n) is 3.52. The number of hydrogen-bond acceptors (Lipinski definition) is 9. The van der Waals surface area contributed by atoms with Crippen LogP contribution in [0.4, 0.5) is 5.82 Å². The van der Waals surface area contributed by atoms with Crippen molar-refractivity contribution in [3.8, 4) is 0 Å². The Morgan fingerprint density at radius 3 is 2.90 bits per heavy atom. The molecule has 1 fully saturated rings. The molecule has 2 aromatic rings. The molecule has 0 saturated carbocycles. The number of anilines is 1. The topological polar surface area (TPSA) is 118 Å². The molecule has 2 aromatic heterocycles. The molecule has 114 valence electrons. The van der Waals surface area contributed by atoms with Gasteiger partial charge in [0, 0.05) is 7.11 Å². The predicted molar refractivity (Wildman–Crippen MR) is 75.4 cm³/mol. The van der Waals surface area contributed by atoms with Crippen molar-refractivity contribution in [2.75, 3.05) is 19.5 Å². The number of methoxy groups -OCH3 is 1. The molecule has 0 aromatic carbocycles. The van der Waals surface area contributed by atoms with Crippen LogP contribution in [0.15, 0.2) is 12.7 Å². The van der Waals surface area contributed by atoms with E-state index in [0.717, 1.165) is 0 Å². The number of ether oxygens (including phenoxy) is 2. The summed E-state index contributed by atoms with van der Waals surface area (Å²) in [7, 11) is 1.53. The minimum Gasteiger partial charge on any atom is -0.394 e. The SMILES string of the molecule is COC1C(OS)[C@@H](CO)O[C@H]1n1cnc2c(N)ncnc21. The molecule has 2 unspecified atom stereocenters. The van der Waals surface area contributed by atoms with Gasteiger partial charge in [0.25, 0.3) is 0 Å². The molecule has 0 amide bonds. The lowest BCUT2D eigenvalue weighted by molar-refractivity contribution is -0.0583. The molecule has 1 aliphatic rings. The van der Waals surface area contributed by atoms with Gasteiger partial charge in [0.15, 0.2) is 17.7 Å². The second-order valence-electron chi connectivity index (χ2n) is 4.60. The third kappa shape index (κ3) is 2.24. The normalized spacial score (nSPS) is 29.3. The van der Waals surface area contributed by atoms with Crippen LogP contribution < -0.4 is 5.73 Å².